The van der Waals surface area contributed by atoms with Gasteiger partial charge in [-0.15, -0.1) is 5.10 Å². The first-order valence-corrected chi connectivity index (χ1v) is 21.2. The number of unbranched alkanes of at least 4 members (excludes halogenated alkanes) is 1. The number of hydrogen-bond donors (Lipinski definition) is 5. The van der Waals surface area contributed by atoms with E-state index in [4.69, 9.17) is 40.9 Å². The summed E-state index contributed by atoms with van der Waals surface area (Å²) in [5.74, 6) is -3.35. The summed E-state index contributed by atoms with van der Waals surface area (Å²) in [5, 5.41) is 23.4. The average molecular weight is 829 g/mol. The fourth-order valence-electron chi connectivity index (χ4n) is 9.26. The van der Waals surface area contributed by atoms with Crippen LogP contribution in [0.1, 0.15) is 87.0 Å². The Labute approximate surface area is 348 Å². The van der Waals surface area contributed by atoms with E-state index in [1.807, 2.05) is 51.2 Å². The van der Waals surface area contributed by atoms with E-state index in [0.29, 0.717) is 76.1 Å². The van der Waals surface area contributed by atoms with E-state index in [9.17, 15) is 19.5 Å². The van der Waals surface area contributed by atoms with E-state index >= 15 is 0 Å². The molecule has 3 saturated heterocycles. The molecule has 3 aliphatic rings. The number of nitrogen functional groups attached to an aromatic ring is 1. The lowest BCUT2D eigenvalue weighted by atomic mass is 9.78. The van der Waals surface area contributed by atoms with Crippen molar-refractivity contribution >= 4 is 23.5 Å². The monoisotopic (exact) mass is 829 g/mol. The zero-order chi connectivity index (χ0) is 43.2. The number of aromatic nitrogens is 3. The van der Waals surface area contributed by atoms with Crippen LogP contribution in [0.3, 0.4) is 0 Å². The molecule has 330 valence electrons. The van der Waals surface area contributed by atoms with E-state index in [2.05, 4.69) is 22.6 Å². The van der Waals surface area contributed by atoms with E-state index in [-0.39, 0.29) is 18.1 Å². The first-order valence-electron chi connectivity index (χ1n) is 21.2. The minimum atomic E-state index is -1.29. The van der Waals surface area contributed by atoms with Crippen LogP contribution in [-0.2, 0) is 39.8 Å². The quantitative estimate of drug-likeness (QED) is 0.0894. The predicted octanol–water partition coefficient (Wildman–Crippen LogP) is 3.01. The number of ketones is 1. The normalized spacial score (nSPS) is 36.4. The zero-order valence-corrected chi connectivity index (χ0v) is 36.0. The summed E-state index contributed by atoms with van der Waals surface area (Å²) in [6.45, 7) is 14.4. The summed E-state index contributed by atoms with van der Waals surface area (Å²) >= 11 is 0. The van der Waals surface area contributed by atoms with Crippen LogP contribution in [-0.4, -0.2) is 130 Å². The fourth-order valence-corrected chi connectivity index (χ4v) is 9.26. The second-order valence-corrected chi connectivity index (χ2v) is 17.3. The number of hydrogen-bond acceptors (Lipinski definition) is 15. The summed E-state index contributed by atoms with van der Waals surface area (Å²) in [4.78, 5) is 44.0. The lowest BCUT2D eigenvalue weighted by Crippen LogP contribution is -2.62. The number of benzene rings is 1. The van der Waals surface area contributed by atoms with Crippen LogP contribution in [0.4, 0.5) is 10.5 Å². The molecule has 0 spiro atoms. The number of carbonyl (C=O) groups excluding carboxylic acids is 3. The van der Waals surface area contributed by atoms with Crippen LogP contribution in [0.2, 0.25) is 0 Å². The van der Waals surface area contributed by atoms with Crippen molar-refractivity contribution < 1.29 is 43.2 Å². The van der Waals surface area contributed by atoms with Gasteiger partial charge >= 0.3 is 12.1 Å². The maximum absolute atomic E-state index is 14.3. The molecule has 0 saturated carbocycles. The van der Waals surface area contributed by atoms with Gasteiger partial charge in [0.25, 0.3) is 0 Å². The Bertz CT molecular complexity index is 1730. The van der Waals surface area contributed by atoms with Crippen LogP contribution in [0.25, 0.3) is 11.3 Å². The highest BCUT2D eigenvalue weighted by Crippen LogP contribution is 2.40. The Balaban J connectivity index is 1.41. The molecule has 13 atom stereocenters. The molecular weight excluding hydrogens is 761 g/mol. The number of fused-ring (bicyclic) bond motifs is 1. The topological polar surface area (TPSA) is 242 Å². The molecular formula is C42H68N8O9. The van der Waals surface area contributed by atoms with Crippen LogP contribution in [0.5, 0.6) is 0 Å². The van der Waals surface area contributed by atoms with Gasteiger partial charge in [0, 0.05) is 49.5 Å². The molecule has 0 aliphatic carbocycles. The molecule has 59 heavy (non-hydrogen) atoms. The molecule has 5 rings (SSSR count). The number of cyclic esters (lactones) is 1. The minimum Gasteiger partial charge on any atom is -0.458 e. The van der Waals surface area contributed by atoms with Gasteiger partial charge in [0.1, 0.15) is 23.8 Å². The van der Waals surface area contributed by atoms with Crippen molar-refractivity contribution in [3.63, 3.8) is 0 Å². The number of aliphatic hydroxyl groups is 1. The number of methoxy groups -OCH3 is 1. The summed E-state index contributed by atoms with van der Waals surface area (Å²) in [7, 11) is 1.56. The van der Waals surface area contributed by atoms with Gasteiger partial charge in [-0.3, -0.25) is 19.2 Å². The second kappa shape index (κ2) is 19.8. The third-order valence-electron chi connectivity index (χ3n) is 12.6. The summed E-state index contributed by atoms with van der Waals surface area (Å²) in [6.07, 6.45) is -0.0674. The molecule has 17 heteroatoms. The minimum absolute atomic E-state index is 0.0629. The Morgan fingerprint density at radius 3 is 2.51 bits per heavy atom. The van der Waals surface area contributed by atoms with E-state index < -0.39 is 77.6 Å². The van der Waals surface area contributed by atoms with Crippen molar-refractivity contribution in [2.45, 2.75) is 154 Å². The summed E-state index contributed by atoms with van der Waals surface area (Å²) < 4.78 is 33.0. The van der Waals surface area contributed by atoms with Gasteiger partial charge in [0.15, 0.2) is 17.7 Å². The number of nitrogens with one attached hydrogen (secondary N) is 1. The van der Waals surface area contributed by atoms with Gasteiger partial charge in [-0.05, 0) is 97.4 Å². The second-order valence-electron chi connectivity index (χ2n) is 17.3. The summed E-state index contributed by atoms with van der Waals surface area (Å²) in [6, 6.07) is 5.93. The van der Waals surface area contributed by atoms with Crippen LogP contribution >= 0.6 is 0 Å². The standard InChI is InChI=1S/C42H68N8O9/c1-9-33-42(7)36(50(40(54)59-42)18-11-10-17-49-23-32(47-48-49)28-13-12-14-29(44)20-28)31(15-16-43)46-22-24(2)21-41(6,55-8)37(26(4)34(51)27(5)38(53)57-33)58-39-35(52)30(45)19-25(3)56-39/h12-14,20,23-27,30-31,33,35-37,39,46,52H,9-11,15-19,21-22,43-45H2,1-8H3/t24-,25-,26+,27-,30?,31-,33-,35?,36-,37-,39+,41-,42-/m1/s1. The number of esters is 1. The van der Waals surface area contributed by atoms with Gasteiger partial charge in [-0.1, -0.05) is 38.1 Å². The smallest absolute Gasteiger partial charge is 0.410 e. The maximum Gasteiger partial charge on any atom is 0.410 e. The third kappa shape index (κ3) is 10.4. The Hall–Kier alpha value is -3.71. The van der Waals surface area contributed by atoms with Gasteiger partial charge in [0.05, 0.1) is 30.0 Å². The molecule has 2 unspecified atom stereocenters. The Morgan fingerprint density at radius 2 is 1.83 bits per heavy atom. The highest BCUT2D eigenvalue weighted by Gasteiger charge is 2.59. The highest BCUT2D eigenvalue weighted by atomic mass is 16.7. The van der Waals surface area contributed by atoms with Crippen molar-refractivity contribution in [1.82, 2.24) is 25.2 Å². The Kier molecular flexibility index (Phi) is 15.5. The molecule has 3 aliphatic heterocycles. The predicted molar refractivity (Wildman–Crippen MR) is 220 cm³/mol. The molecule has 0 radical (unpaired) electrons. The number of amides is 1. The lowest BCUT2D eigenvalue weighted by molar-refractivity contribution is -0.288. The van der Waals surface area contributed by atoms with Crippen molar-refractivity contribution in [2.24, 2.45) is 29.2 Å². The maximum atomic E-state index is 14.3. The van der Waals surface area contributed by atoms with Crippen LogP contribution in [0.15, 0.2) is 30.5 Å². The first-order chi connectivity index (χ1) is 28.0. The van der Waals surface area contributed by atoms with Crippen LogP contribution < -0.4 is 22.5 Å². The third-order valence-corrected chi connectivity index (χ3v) is 12.6. The molecule has 4 heterocycles. The largest absolute Gasteiger partial charge is 0.458 e. The van der Waals surface area contributed by atoms with Crippen LogP contribution in [0, 0.1) is 17.8 Å². The molecule has 1 aromatic carbocycles. The van der Waals surface area contributed by atoms with Gasteiger partial charge < -0.3 is 51.3 Å². The summed E-state index contributed by atoms with van der Waals surface area (Å²) in [5.41, 5.74) is 18.3. The number of carbonyl (C=O) groups is 3. The van der Waals surface area contributed by atoms with Crippen molar-refractivity contribution in [3.8, 4) is 11.3 Å². The number of aliphatic hydroxyl groups excluding tert-OH is 1. The zero-order valence-electron chi connectivity index (χ0n) is 36.0. The molecule has 0 bridgehead atoms. The molecule has 17 nitrogen and oxygen atoms in total. The van der Waals surface area contributed by atoms with Crippen molar-refractivity contribution in [2.75, 3.05) is 32.5 Å². The number of anilines is 1. The molecule has 1 amide bonds. The van der Waals surface area contributed by atoms with E-state index in [1.54, 1.807) is 30.5 Å². The van der Waals surface area contributed by atoms with Gasteiger partial charge in [-0.2, -0.15) is 0 Å². The number of Topliss-reactive ketones (excluding diaryl/α,β-unsaturated/α-hetero) is 1. The Morgan fingerprint density at radius 1 is 1.10 bits per heavy atom. The van der Waals surface area contributed by atoms with Crippen molar-refractivity contribution in [3.05, 3.63) is 30.5 Å². The highest BCUT2D eigenvalue weighted by molar-refractivity contribution is 6.00. The lowest BCUT2D eigenvalue weighted by Gasteiger charge is -2.45. The molecule has 8 N–H and O–H groups in total. The van der Waals surface area contributed by atoms with E-state index in [1.165, 1.54) is 6.92 Å². The average Bonchev–Trinajstić information content (AvgIpc) is 3.78. The number of nitrogens with zero attached hydrogens (tertiary/aromatic N) is 4. The number of rotatable bonds is 12. The fraction of sp³-hybridized carbons (Fsp3) is 0.738. The van der Waals surface area contributed by atoms with Gasteiger partial charge in [0.2, 0.25) is 0 Å². The van der Waals surface area contributed by atoms with E-state index in [0.717, 1.165) is 5.56 Å². The number of aryl methyl sites for hydroxylation is 1. The van der Waals surface area contributed by atoms with Crippen molar-refractivity contribution in [1.29, 1.82) is 0 Å². The SMILES string of the molecule is CC[C@H]1OC(=O)[C@H](C)C(=O)[C@H](C)[C@@H](O[C@@H]2O[C@H](C)CC(N)C2O)[C@](C)(OC)C[C@@H](C)CN[C@H](CCN)[C@H]2N(CCCCn3cc(-c4cccc(N)c4)nn3)C(=O)O[C@]12C. The number of ether oxygens (including phenoxy) is 5. The molecule has 2 aromatic rings. The molecule has 3 fully saturated rings. The van der Waals surface area contributed by atoms with Gasteiger partial charge in [-0.25, -0.2) is 4.79 Å². The first kappa shape index (κ1) is 46.4. The number of nitrogens with two attached hydrogens (primary N) is 3. The molecule has 1 aromatic heterocycles.